The first-order valence-corrected chi connectivity index (χ1v) is 11.9. The lowest BCUT2D eigenvalue weighted by atomic mass is 10.1. The van der Waals surface area contributed by atoms with Gasteiger partial charge in [0.1, 0.15) is 17.5 Å². The molecule has 8 nitrogen and oxygen atoms in total. The van der Waals surface area contributed by atoms with E-state index in [1.54, 1.807) is 20.8 Å². The van der Waals surface area contributed by atoms with Gasteiger partial charge in [-0.05, 0) is 90.3 Å². The molecule has 178 valence electrons. The minimum Gasteiger partial charge on any atom is -0.480 e. The number of nitrogens with zero attached hydrogens (tertiary/aromatic N) is 2. The Morgan fingerprint density at radius 2 is 2.06 bits per heavy atom. The molecular formula is C24H38N4O4. The number of nitrogens with one attached hydrogen (secondary N) is 2. The molecule has 0 bridgehead atoms. The number of carbonyl (C=O) groups is 2. The number of unbranched alkanes of at least 4 members (excludes halogenated alkanes) is 1. The lowest BCUT2D eigenvalue weighted by Gasteiger charge is -2.25. The molecule has 2 heterocycles. The van der Waals surface area contributed by atoms with Crippen molar-refractivity contribution in [2.45, 2.75) is 89.8 Å². The van der Waals surface area contributed by atoms with Gasteiger partial charge in [-0.1, -0.05) is 6.07 Å². The maximum atomic E-state index is 12.0. The van der Waals surface area contributed by atoms with Crippen LogP contribution < -0.4 is 10.6 Å². The van der Waals surface area contributed by atoms with E-state index in [0.717, 1.165) is 63.1 Å². The van der Waals surface area contributed by atoms with E-state index in [1.807, 2.05) is 0 Å². The molecule has 0 spiro atoms. The second-order valence-corrected chi connectivity index (χ2v) is 9.89. The van der Waals surface area contributed by atoms with Gasteiger partial charge in [-0.3, -0.25) is 0 Å². The van der Waals surface area contributed by atoms with Gasteiger partial charge in [0.25, 0.3) is 0 Å². The molecule has 1 atom stereocenters. The molecule has 1 amide bonds. The number of carbonyl (C=O) groups excluding carboxylic acids is 1. The van der Waals surface area contributed by atoms with E-state index in [-0.39, 0.29) is 0 Å². The zero-order valence-electron chi connectivity index (χ0n) is 19.7. The molecule has 1 saturated carbocycles. The van der Waals surface area contributed by atoms with Gasteiger partial charge in [-0.15, -0.1) is 0 Å². The maximum absolute atomic E-state index is 12.0. The molecule has 3 N–H and O–H groups in total. The second kappa shape index (κ2) is 11.0. The molecule has 0 unspecified atom stereocenters. The van der Waals surface area contributed by atoms with Crippen LogP contribution in [0.1, 0.15) is 70.6 Å². The summed E-state index contributed by atoms with van der Waals surface area (Å²) >= 11 is 0. The number of pyridine rings is 1. The zero-order chi connectivity index (χ0) is 23.1. The number of hydrogen-bond acceptors (Lipinski definition) is 6. The van der Waals surface area contributed by atoms with Gasteiger partial charge in [0.15, 0.2) is 0 Å². The first kappa shape index (κ1) is 24.3. The monoisotopic (exact) mass is 446 g/mol. The fourth-order valence-electron chi connectivity index (χ4n) is 4.05. The Morgan fingerprint density at radius 1 is 1.28 bits per heavy atom. The van der Waals surface area contributed by atoms with Gasteiger partial charge in [0.2, 0.25) is 0 Å². The van der Waals surface area contributed by atoms with Crippen LogP contribution in [0.5, 0.6) is 0 Å². The van der Waals surface area contributed by atoms with Crippen molar-refractivity contribution in [1.29, 1.82) is 0 Å². The van der Waals surface area contributed by atoms with Crippen molar-refractivity contribution in [3.8, 4) is 0 Å². The normalized spacial score (nSPS) is 16.8. The minimum atomic E-state index is -1.03. The largest absolute Gasteiger partial charge is 0.480 e. The van der Waals surface area contributed by atoms with Crippen molar-refractivity contribution in [1.82, 2.24) is 15.2 Å². The van der Waals surface area contributed by atoms with Crippen LogP contribution >= 0.6 is 0 Å². The van der Waals surface area contributed by atoms with Gasteiger partial charge in [-0.2, -0.15) is 0 Å². The van der Waals surface area contributed by atoms with E-state index in [1.165, 1.54) is 12.0 Å². The van der Waals surface area contributed by atoms with Crippen LogP contribution in [0.15, 0.2) is 12.1 Å². The van der Waals surface area contributed by atoms with Crippen LogP contribution in [0, 0.1) is 0 Å². The highest BCUT2D eigenvalue weighted by Crippen LogP contribution is 2.27. The summed E-state index contributed by atoms with van der Waals surface area (Å²) in [6.07, 6.45) is 7.31. The molecule has 1 aliphatic carbocycles. The number of alkyl carbamates (subject to hydrolysis) is 1. The average Bonchev–Trinajstić information content (AvgIpc) is 3.56. The summed E-state index contributed by atoms with van der Waals surface area (Å²) in [4.78, 5) is 30.7. The summed E-state index contributed by atoms with van der Waals surface area (Å²) in [5.41, 5.74) is 1.78. The number of aromatic nitrogens is 1. The molecule has 1 aromatic rings. The predicted octanol–water partition coefficient (Wildman–Crippen LogP) is 3.59. The third-order valence-electron chi connectivity index (χ3n) is 5.84. The molecule has 8 heteroatoms. The van der Waals surface area contributed by atoms with Crippen molar-refractivity contribution < 1.29 is 19.4 Å². The molecule has 0 radical (unpaired) electrons. The Labute approximate surface area is 191 Å². The van der Waals surface area contributed by atoms with Gasteiger partial charge >= 0.3 is 12.1 Å². The van der Waals surface area contributed by atoms with E-state index in [4.69, 9.17) is 9.72 Å². The van der Waals surface area contributed by atoms with Crippen molar-refractivity contribution in [3.05, 3.63) is 23.4 Å². The number of aryl methyl sites for hydroxylation is 2. The summed E-state index contributed by atoms with van der Waals surface area (Å²) in [7, 11) is 0. The topological polar surface area (TPSA) is 104 Å². The molecule has 32 heavy (non-hydrogen) atoms. The van der Waals surface area contributed by atoms with Crippen LogP contribution in [0.25, 0.3) is 0 Å². The highest BCUT2D eigenvalue weighted by atomic mass is 16.6. The van der Waals surface area contributed by atoms with Crippen molar-refractivity contribution in [3.63, 3.8) is 0 Å². The van der Waals surface area contributed by atoms with Crippen LogP contribution in [-0.4, -0.2) is 64.4 Å². The number of carboxylic acid groups (broad SMARTS) is 1. The highest BCUT2D eigenvalue weighted by Gasteiger charge is 2.30. The average molecular weight is 447 g/mol. The second-order valence-electron chi connectivity index (χ2n) is 9.89. The van der Waals surface area contributed by atoms with Crippen LogP contribution in [0.3, 0.4) is 0 Å². The lowest BCUT2D eigenvalue weighted by Crippen LogP contribution is -2.45. The maximum Gasteiger partial charge on any atom is 0.408 e. The fraction of sp³-hybridized carbons (Fsp3) is 0.708. The van der Waals surface area contributed by atoms with Crippen molar-refractivity contribution in [2.75, 3.05) is 25.0 Å². The number of fused-ring (bicyclic) bond motifs is 1. The van der Waals surface area contributed by atoms with Gasteiger partial charge in [-0.25, -0.2) is 14.6 Å². The lowest BCUT2D eigenvalue weighted by molar-refractivity contribution is -0.139. The van der Waals surface area contributed by atoms with Gasteiger partial charge in [0, 0.05) is 24.8 Å². The molecule has 1 fully saturated rings. The Bertz CT molecular complexity index is 789. The Hall–Kier alpha value is -2.35. The van der Waals surface area contributed by atoms with E-state index < -0.39 is 23.7 Å². The molecule has 2 aliphatic rings. The molecule has 3 rings (SSSR count). The first-order valence-electron chi connectivity index (χ1n) is 11.9. The molecule has 0 aromatic carbocycles. The Morgan fingerprint density at radius 3 is 2.75 bits per heavy atom. The SMILES string of the molecule is CC(C)(C)OC(=O)N[C@@H](CCN(CCCCc1ccc2c(n1)NCCC2)C1CC1)C(=O)O. The van der Waals surface area contributed by atoms with Gasteiger partial charge < -0.3 is 25.4 Å². The minimum absolute atomic E-state index is 0.364. The van der Waals surface area contributed by atoms with Crippen LogP contribution in [-0.2, 0) is 22.4 Å². The van der Waals surface area contributed by atoms with E-state index >= 15 is 0 Å². The quantitative estimate of drug-likeness (QED) is 0.446. The Balaban J connectivity index is 1.42. The summed E-state index contributed by atoms with van der Waals surface area (Å²) in [5.74, 6) is 0.0178. The number of carboxylic acids is 1. The zero-order valence-corrected chi connectivity index (χ0v) is 19.7. The predicted molar refractivity (Wildman–Crippen MR) is 124 cm³/mol. The fourth-order valence-corrected chi connectivity index (χ4v) is 4.05. The summed E-state index contributed by atoms with van der Waals surface area (Å²) in [5, 5.41) is 15.4. The van der Waals surface area contributed by atoms with E-state index in [2.05, 4.69) is 27.7 Å². The molecule has 1 aliphatic heterocycles. The smallest absolute Gasteiger partial charge is 0.408 e. The highest BCUT2D eigenvalue weighted by molar-refractivity contribution is 5.80. The third kappa shape index (κ3) is 7.97. The molecule has 0 saturated heterocycles. The number of anilines is 1. The van der Waals surface area contributed by atoms with Crippen molar-refractivity contribution in [2.24, 2.45) is 0 Å². The third-order valence-corrected chi connectivity index (χ3v) is 5.84. The van der Waals surface area contributed by atoms with Crippen molar-refractivity contribution >= 4 is 17.9 Å². The Kier molecular flexibility index (Phi) is 8.34. The molecule has 1 aromatic heterocycles. The van der Waals surface area contributed by atoms with E-state index in [9.17, 15) is 14.7 Å². The summed E-state index contributed by atoms with van der Waals surface area (Å²) in [6.45, 7) is 7.86. The number of rotatable bonds is 11. The van der Waals surface area contributed by atoms with E-state index in [0.29, 0.717) is 19.0 Å². The number of hydrogen-bond donors (Lipinski definition) is 3. The van der Waals surface area contributed by atoms with Gasteiger partial charge in [0.05, 0.1) is 0 Å². The molecular weight excluding hydrogens is 408 g/mol. The number of aliphatic carboxylic acids is 1. The van der Waals surface area contributed by atoms with Crippen LogP contribution in [0.4, 0.5) is 10.6 Å². The summed E-state index contributed by atoms with van der Waals surface area (Å²) in [6, 6.07) is 3.93. The number of amides is 1. The number of ether oxygens (including phenoxy) is 1. The first-order chi connectivity index (χ1) is 15.2. The summed E-state index contributed by atoms with van der Waals surface area (Å²) < 4.78 is 5.20. The standard InChI is InChI=1S/C24H38N4O4/c1-24(2,3)32-23(31)27-20(22(29)30)13-16-28(19-11-12-19)15-5-4-8-18-10-9-17-7-6-14-25-21(17)26-18/h9-10,19-20H,4-8,11-16H2,1-3H3,(H,25,26)(H,27,31)(H,29,30)/t20-/m0/s1. The van der Waals surface area contributed by atoms with Crippen LogP contribution in [0.2, 0.25) is 0 Å².